The molecule has 5 heteroatoms. The van der Waals surface area contributed by atoms with Gasteiger partial charge in [0.25, 0.3) is 0 Å². The molecule has 0 radical (unpaired) electrons. The zero-order valence-corrected chi connectivity index (χ0v) is 6.81. The summed E-state index contributed by atoms with van der Waals surface area (Å²) in [5.74, 6) is 0. The van der Waals surface area contributed by atoms with Crippen molar-refractivity contribution in [2.75, 3.05) is 16.6 Å². The van der Waals surface area contributed by atoms with Crippen LogP contribution in [-0.2, 0) is 9.84 Å². The summed E-state index contributed by atoms with van der Waals surface area (Å²) < 4.78 is 20.6. The van der Waals surface area contributed by atoms with E-state index in [0.29, 0.717) is 5.21 Å². The van der Waals surface area contributed by atoms with Gasteiger partial charge in [0.15, 0.2) is 9.84 Å². The fourth-order valence-corrected chi connectivity index (χ4v) is 2.21. The van der Waals surface area contributed by atoms with Gasteiger partial charge in [0, 0.05) is 6.26 Å². The smallest absolute Gasteiger partial charge is 0.156 e. The number of hydrogen-bond acceptors (Lipinski definition) is 3. The Morgan fingerprint density at radius 3 is 2.25 bits per heavy atom. The van der Waals surface area contributed by atoms with Gasteiger partial charge in [0.2, 0.25) is 0 Å². The first-order valence-corrected chi connectivity index (χ1v) is 5.62. The van der Waals surface area contributed by atoms with Gasteiger partial charge >= 0.3 is 0 Å². The van der Waals surface area contributed by atoms with Crippen LogP contribution in [0.25, 0.3) is 0 Å². The molecular formula is C3H7ClO2S2. The van der Waals surface area contributed by atoms with E-state index in [2.05, 4.69) is 0 Å². The monoisotopic (exact) mass is 174 g/mol. The van der Waals surface area contributed by atoms with Gasteiger partial charge in [-0.3, -0.25) is 0 Å². The molecule has 50 valence electrons. The lowest BCUT2D eigenvalue weighted by molar-refractivity contribution is 0.606. The van der Waals surface area contributed by atoms with E-state index >= 15 is 0 Å². The van der Waals surface area contributed by atoms with Crippen LogP contribution in [0.2, 0.25) is 0 Å². The Morgan fingerprint density at radius 1 is 1.62 bits per heavy atom. The molecule has 0 bridgehead atoms. The average molecular weight is 175 g/mol. The van der Waals surface area contributed by atoms with Crippen molar-refractivity contribution in [3.05, 3.63) is 0 Å². The summed E-state index contributed by atoms with van der Waals surface area (Å²) in [6.07, 6.45) is 1.19. The number of hydrogen-bond donors (Lipinski definition) is 0. The molecule has 0 aliphatic rings. The Kier molecular flexibility index (Phi) is 3.85. The summed E-state index contributed by atoms with van der Waals surface area (Å²) in [6.45, 7) is 0. The molecule has 0 saturated carbocycles. The third-order valence-electron chi connectivity index (χ3n) is 0.375. The molecule has 0 aromatic rings. The summed E-state index contributed by atoms with van der Waals surface area (Å²) in [5.41, 5.74) is 0. The topological polar surface area (TPSA) is 34.1 Å². The van der Waals surface area contributed by atoms with Gasteiger partial charge in [-0.15, -0.1) is 23.4 Å². The zero-order chi connectivity index (χ0) is 6.62. The van der Waals surface area contributed by atoms with E-state index < -0.39 is 9.84 Å². The third kappa shape index (κ3) is 6.59. The van der Waals surface area contributed by atoms with Gasteiger partial charge in [-0.2, -0.15) is 0 Å². The first-order valence-electron chi connectivity index (χ1n) is 1.87. The van der Waals surface area contributed by atoms with Crippen LogP contribution in [0.5, 0.6) is 0 Å². The largest absolute Gasteiger partial charge is 0.228 e. The highest BCUT2D eigenvalue weighted by atomic mass is 35.5. The van der Waals surface area contributed by atoms with E-state index in [-0.39, 0.29) is 5.08 Å². The van der Waals surface area contributed by atoms with E-state index in [1.165, 1.54) is 18.0 Å². The predicted molar refractivity (Wildman–Crippen MR) is 38.0 cm³/mol. The quantitative estimate of drug-likeness (QED) is 0.597. The highest BCUT2D eigenvalue weighted by Crippen LogP contribution is 2.04. The first-order chi connectivity index (χ1) is 3.56. The molecule has 0 aromatic heterocycles. The molecule has 0 aliphatic heterocycles. The van der Waals surface area contributed by atoms with Gasteiger partial charge in [0.05, 0.1) is 10.3 Å². The van der Waals surface area contributed by atoms with Gasteiger partial charge in [-0.1, -0.05) is 0 Å². The molecule has 0 amide bonds. The highest BCUT2D eigenvalue weighted by molar-refractivity contribution is 8.12. The van der Waals surface area contributed by atoms with Crippen molar-refractivity contribution in [2.45, 2.75) is 0 Å². The van der Waals surface area contributed by atoms with Gasteiger partial charge < -0.3 is 0 Å². The lowest BCUT2D eigenvalue weighted by Gasteiger charge is -1.90. The van der Waals surface area contributed by atoms with Crippen LogP contribution >= 0.6 is 23.4 Å². The van der Waals surface area contributed by atoms with Crippen LogP contribution in [0.1, 0.15) is 0 Å². The normalized spacial score (nSPS) is 11.8. The van der Waals surface area contributed by atoms with Crippen molar-refractivity contribution in [3.8, 4) is 0 Å². The molecule has 0 aliphatic carbocycles. The molecule has 0 atom stereocenters. The highest BCUT2D eigenvalue weighted by Gasteiger charge is 1.98. The Bertz CT molecular complexity index is 139. The fourth-order valence-electron chi connectivity index (χ4n) is 0.183. The average Bonchev–Trinajstić information content (AvgIpc) is 1.59. The second kappa shape index (κ2) is 3.58. The van der Waals surface area contributed by atoms with E-state index in [1.54, 1.807) is 0 Å². The first kappa shape index (κ1) is 8.59. The second-order valence-electron chi connectivity index (χ2n) is 1.36. The van der Waals surface area contributed by atoms with E-state index in [4.69, 9.17) is 11.6 Å². The molecular weight excluding hydrogens is 168 g/mol. The molecule has 8 heavy (non-hydrogen) atoms. The standard InChI is InChI=1S/C3H7ClO2S2/c1-8(5,6)3-7-2-4/h2-3H2,1H3. The number of sulfone groups is 1. The van der Waals surface area contributed by atoms with Crippen LogP contribution in [0, 0.1) is 0 Å². The Labute approximate surface area is 58.5 Å². The molecule has 0 saturated heterocycles. The van der Waals surface area contributed by atoms with E-state index in [9.17, 15) is 8.42 Å². The number of thioether (sulfide) groups is 1. The van der Waals surface area contributed by atoms with Gasteiger partial charge in [0.1, 0.15) is 0 Å². The van der Waals surface area contributed by atoms with E-state index in [1.807, 2.05) is 0 Å². The van der Waals surface area contributed by atoms with Crippen LogP contribution in [-0.4, -0.2) is 25.0 Å². The zero-order valence-electron chi connectivity index (χ0n) is 4.43. The van der Waals surface area contributed by atoms with Crippen molar-refractivity contribution in [1.82, 2.24) is 0 Å². The SMILES string of the molecule is CS(=O)(=O)CSCCl. The van der Waals surface area contributed by atoms with Crippen LogP contribution in [0.15, 0.2) is 0 Å². The van der Waals surface area contributed by atoms with Crippen LogP contribution < -0.4 is 0 Å². The Hall–Kier alpha value is 0.590. The summed E-state index contributed by atoms with van der Waals surface area (Å²) in [7, 11) is -2.81. The molecule has 0 fully saturated rings. The van der Waals surface area contributed by atoms with Gasteiger partial charge in [-0.05, 0) is 0 Å². The van der Waals surface area contributed by atoms with Crippen LogP contribution in [0.4, 0.5) is 0 Å². The fraction of sp³-hybridized carbons (Fsp3) is 1.00. The third-order valence-corrected chi connectivity index (χ3v) is 3.37. The van der Waals surface area contributed by atoms with Gasteiger partial charge in [-0.25, -0.2) is 8.42 Å². The summed E-state index contributed by atoms with van der Waals surface area (Å²) in [5, 5.41) is 0.462. The van der Waals surface area contributed by atoms with Crippen molar-refractivity contribution in [1.29, 1.82) is 0 Å². The summed E-state index contributed by atoms with van der Waals surface area (Å²) in [6, 6.07) is 0. The summed E-state index contributed by atoms with van der Waals surface area (Å²) in [4.78, 5) is 0. The molecule has 0 spiro atoms. The lowest BCUT2D eigenvalue weighted by atomic mass is 11.9. The molecule has 0 N–H and O–H groups in total. The second-order valence-corrected chi connectivity index (χ2v) is 5.43. The summed E-state index contributed by atoms with van der Waals surface area (Å²) >= 11 is 6.40. The maximum atomic E-state index is 10.3. The maximum absolute atomic E-state index is 10.3. The lowest BCUT2D eigenvalue weighted by Crippen LogP contribution is -1.97. The molecule has 0 heterocycles. The molecule has 0 rings (SSSR count). The Morgan fingerprint density at radius 2 is 2.12 bits per heavy atom. The van der Waals surface area contributed by atoms with Crippen molar-refractivity contribution < 1.29 is 8.42 Å². The minimum Gasteiger partial charge on any atom is -0.228 e. The van der Waals surface area contributed by atoms with Crippen LogP contribution in [0.3, 0.4) is 0 Å². The molecule has 2 nitrogen and oxygen atoms in total. The predicted octanol–water partition coefficient (Wildman–Crippen LogP) is 0.918. The molecule has 0 aromatic carbocycles. The van der Waals surface area contributed by atoms with E-state index in [0.717, 1.165) is 0 Å². The number of rotatable bonds is 3. The minimum atomic E-state index is -2.81. The maximum Gasteiger partial charge on any atom is 0.156 e. The van der Waals surface area contributed by atoms with Crippen molar-refractivity contribution in [3.63, 3.8) is 0 Å². The Balaban J connectivity index is 3.42. The minimum absolute atomic E-state index is 0.122. The van der Waals surface area contributed by atoms with Crippen molar-refractivity contribution >= 4 is 33.2 Å². The number of alkyl halides is 1. The molecule has 0 unspecified atom stereocenters. The van der Waals surface area contributed by atoms with Crippen molar-refractivity contribution in [2.24, 2.45) is 0 Å². The number of halogens is 1.